The van der Waals surface area contributed by atoms with Gasteiger partial charge in [-0.3, -0.25) is 0 Å². The summed E-state index contributed by atoms with van der Waals surface area (Å²) >= 11 is -5.30. The van der Waals surface area contributed by atoms with Crippen molar-refractivity contribution in [1.82, 2.24) is 0 Å². The summed E-state index contributed by atoms with van der Waals surface area (Å²) in [5.74, 6) is 0. The number of hydrogen-bond donors (Lipinski definition) is 0. The van der Waals surface area contributed by atoms with Crippen LogP contribution < -0.4 is 0 Å². The first-order valence-corrected chi connectivity index (χ1v) is 31.9. The fourth-order valence-electron chi connectivity index (χ4n) is 6.45. The Kier molecular flexibility index (Phi) is 3.35. The van der Waals surface area contributed by atoms with Crippen molar-refractivity contribution in [3.8, 4) is 0 Å². The van der Waals surface area contributed by atoms with E-state index in [1.807, 2.05) is 0 Å². The molecule has 0 amide bonds. The third kappa shape index (κ3) is 2.49. The fraction of sp³-hybridized carbons (Fsp3) is 0.273. The van der Waals surface area contributed by atoms with Crippen LogP contribution in [0, 0.1) is 0 Å². The van der Waals surface area contributed by atoms with Crippen LogP contribution in [0.15, 0.2) is 59.7 Å². The van der Waals surface area contributed by atoms with Gasteiger partial charge in [-0.1, -0.05) is 0 Å². The van der Waals surface area contributed by atoms with Crippen molar-refractivity contribution in [3.05, 3.63) is 81.9 Å². The van der Waals surface area contributed by atoms with Crippen LogP contribution in [-0.4, -0.2) is 7.37 Å². The SMILES string of the molecule is CC1=Cc2ccccc2[CH]1[Zr]([CH3])([CH3])([SiH3])([Cl])([Cl])[CH]1C(C)=Cc2ccccc21. The van der Waals surface area contributed by atoms with E-state index in [0.717, 1.165) is 7.37 Å². The van der Waals surface area contributed by atoms with E-state index in [1.54, 1.807) is 0 Å². The Morgan fingerprint density at radius 2 is 1.08 bits per heavy atom. The Morgan fingerprint density at radius 1 is 0.731 bits per heavy atom. The first-order valence-electron chi connectivity index (χ1n) is 9.42. The van der Waals surface area contributed by atoms with Crippen LogP contribution in [0.4, 0.5) is 0 Å². The second-order valence-electron chi connectivity index (χ2n) is 10.9. The van der Waals surface area contributed by atoms with Crippen LogP contribution in [0.3, 0.4) is 0 Å². The molecule has 0 saturated carbocycles. The van der Waals surface area contributed by atoms with Gasteiger partial charge in [0.1, 0.15) is 0 Å². The van der Waals surface area contributed by atoms with Gasteiger partial charge in [-0.05, 0) is 0 Å². The summed E-state index contributed by atoms with van der Waals surface area (Å²) in [6, 6.07) is 17.3. The number of halogens is 2. The molecule has 0 aliphatic heterocycles. The summed E-state index contributed by atoms with van der Waals surface area (Å²) in [6.45, 7) is 4.43. The Bertz CT molecular complexity index is 959. The number of benzene rings is 2. The molecule has 2 unspecified atom stereocenters. The van der Waals surface area contributed by atoms with Gasteiger partial charge < -0.3 is 0 Å². The van der Waals surface area contributed by atoms with Crippen molar-refractivity contribution in [2.75, 3.05) is 0 Å². The first kappa shape index (κ1) is 18.9. The summed E-state index contributed by atoms with van der Waals surface area (Å²) in [6.07, 6.45) is 4.59. The summed E-state index contributed by atoms with van der Waals surface area (Å²) in [4.78, 5) is 0. The van der Waals surface area contributed by atoms with Gasteiger partial charge in [-0.15, -0.1) is 0 Å². The molecule has 2 aromatic carbocycles. The van der Waals surface area contributed by atoms with Crippen LogP contribution in [0.2, 0.25) is 9.26 Å². The normalized spacial score (nSPS) is 26.0. The van der Waals surface area contributed by atoms with Crippen molar-refractivity contribution in [3.63, 3.8) is 0 Å². The van der Waals surface area contributed by atoms with Crippen molar-refractivity contribution < 1.29 is 12.6 Å². The van der Waals surface area contributed by atoms with Gasteiger partial charge in [0.15, 0.2) is 0 Å². The minimum atomic E-state index is -5.30. The third-order valence-corrected chi connectivity index (χ3v) is 34.9. The van der Waals surface area contributed by atoms with E-state index < -0.39 is 12.6 Å². The zero-order chi connectivity index (χ0) is 19.1. The van der Waals surface area contributed by atoms with Crippen LogP contribution in [-0.2, 0) is 12.6 Å². The first-order chi connectivity index (χ1) is 11.7. The molecule has 0 aromatic heterocycles. The van der Waals surface area contributed by atoms with Gasteiger partial charge >= 0.3 is 161 Å². The molecular weight excluding hydrogens is 454 g/mol. The molecule has 0 saturated heterocycles. The Hall–Kier alpha value is -0.400. The molecule has 2 aliphatic carbocycles. The summed E-state index contributed by atoms with van der Waals surface area (Å²) < 4.78 is 4.80. The average molecular weight is 482 g/mol. The number of hydrogen-bond acceptors (Lipinski definition) is 0. The van der Waals surface area contributed by atoms with Crippen molar-refractivity contribution >= 4 is 36.5 Å². The zero-order valence-electron chi connectivity index (χ0n) is 16.2. The quantitative estimate of drug-likeness (QED) is 0.416. The Balaban J connectivity index is 2.08. The van der Waals surface area contributed by atoms with E-state index in [4.69, 9.17) is 17.0 Å². The molecule has 0 nitrogen and oxygen atoms in total. The summed E-state index contributed by atoms with van der Waals surface area (Å²) in [7, 11) is 17.0. The number of fused-ring (bicyclic) bond motifs is 2. The van der Waals surface area contributed by atoms with Gasteiger partial charge in [0.25, 0.3) is 0 Å². The zero-order valence-corrected chi connectivity index (χ0v) is 22.2. The monoisotopic (exact) mass is 479 g/mol. The van der Waals surface area contributed by atoms with E-state index in [1.165, 1.54) is 33.4 Å². The van der Waals surface area contributed by atoms with Crippen LogP contribution >= 0.6 is 17.0 Å². The molecule has 137 valence electrons. The summed E-state index contributed by atoms with van der Waals surface area (Å²) in [5, 5.41) is 0. The van der Waals surface area contributed by atoms with Crippen molar-refractivity contribution in [2.24, 2.45) is 0 Å². The Labute approximate surface area is 160 Å². The molecule has 0 fully saturated rings. The van der Waals surface area contributed by atoms with Gasteiger partial charge in [0.05, 0.1) is 0 Å². The van der Waals surface area contributed by atoms with Crippen LogP contribution in [0.25, 0.3) is 12.2 Å². The molecule has 2 aromatic rings. The van der Waals surface area contributed by atoms with Gasteiger partial charge in [0, 0.05) is 0 Å². The maximum atomic E-state index is 8.10. The van der Waals surface area contributed by atoms with Gasteiger partial charge in [-0.2, -0.15) is 0 Å². The summed E-state index contributed by atoms with van der Waals surface area (Å²) in [5.41, 5.74) is 7.81. The van der Waals surface area contributed by atoms with Crippen molar-refractivity contribution in [1.29, 1.82) is 0 Å². The molecule has 2 atom stereocenters. The Morgan fingerprint density at radius 3 is 1.46 bits per heavy atom. The fourth-order valence-corrected chi connectivity index (χ4v) is 41.2. The van der Waals surface area contributed by atoms with E-state index in [2.05, 4.69) is 83.8 Å². The molecule has 2 aliphatic rings. The van der Waals surface area contributed by atoms with Gasteiger partial charge in [-0.25, -0.2) is 0 Å². The molecular formula is C22H27Cl2SiZr. The number of allylic oxidation sites excluding steroid dienone is 2. The standard InChI is InChI=1S/2C10H9.2CH3.2ClH.H3Si.Zr/c2*1-8-6-9-4-2-3-5-10(9)7-8;;;;;;/h2*2-7H,1H3;2*1H3;2*1H;1H3;/q;;;;;;;+2/p-2. The molecule has 4 heteroatoms. The topological polar surface area (TPSA) is 0 Å². The van der Waals surface area contributed by atoms with E-state index >= 15 is 0 Å². The molecule has 0 bridgehead atoms. The average Bonchev–Trinajstić information content (AvgIpc) is 3.02. The molecule has 0 N–H and O–H groups in total. The predicted octanol–water partition coefficient (Wildman–Crippen LogP) is 6.75. The van der Waals surface area contributed by atoms with Crippen molar-refractivity contribution in [2.45, 2.75) is 30.4 Å². The molecule has 0 heterocycles. The molecule has 26 heavy (non-hydrogen) atoms. The maximum absolute atomic E-state index is 8.10. The van der Waals surface area contributed by atoms with E-state index in [-0.39, 0.29) is 7.25 Å². The van der Waals surface area contributed by atoms with Crippen LogP contribution in [0.1, 0.15) is 43.4 Å². The predicted molar refractivity (Wildman–Crippen MR) is 119 cm³/mol. The van der Waals surface area contributed by atoms with E-state index in [9.17, 15) is 0 Å². The molecule has 0 spiro atoms. The number of rotatable bonds is 2. The minimum absolute atomic E-state index is 0.109. The third-order valence-electron chi connectivity index (χ3n) is 6.79. The second kappa shape index (κ2) is 4.60. The molecule has 4 rings (SSSR count). The molecule has 0 radical (unpaired) electrons. The van der Waals surface area contributed by atoms with E-state index in [0.29, 0.717) is 0 Å². The van der Waals surface area contributed by atoms with Gasteiger partial charge in [0.2, 0.25) is 0 Å². The van der Waals surface area contributed by atoms with Crippen LogP contribution in [0.5, 0.6) is 0 Å². The second-order valence-corrected chi connectivity index (χ2v) is 92.6.